The maximum absolute atomic E-state index is 12.7. The van der Waals surface area contributed by atoms with Crippen molar-refractivity contribution in [3.05, 3.63) is 54.1 Å². The van der Waals surface area contributed by atoms with E-state index in [4.69, 9.17) is 14.2 Å². The number of amides is 2. The quantitative estimate of drug-likeness (QED) is 0.702. The number of ether oxygens (including phenoxy) is 3. The summed E-state index contributed by atoms with van der Waals surface area (Å²) < 4.78 is 16.3. The lowest BCUT2D eigenvalue weighted by Crippen LogP contribution is -2.50. The van der Waals surface area contributed by atoms with Gasteiger partial charge in [-0.15, -0.1) is 0 Å². The lowest BCUT2D eigenvalue weighted by Gasteiger charge is -2.35. The van der Waals surface area contributed by atoms with Crippen LogP contribution in [0.3, 0.4) is 0 Å². The molecule has 0 atom stereocenters. The molecule has 2 aromatic carbocycles. The van der Waals surface area contributed by atoms with Crippen LogP contribution in [0.25, 0.3) is 0 Å². The van der Waals surface area contributed by atoms with Crippen molar-refractivity contribution in [3.63, 3.8) is 0 Å². The first-order valence-electron chi connectivity index (χ1n) is 9.85. The minimum atomic E-state index is -0.0494. The van der Waals surface area contributed by atoms with Crippen molar-refractivity contribution in [1.82, 2.24) is 9.80 Å². The molecule has 152 valence electrons. The van der Waals surface area contributed by atoms with Gasteiger partial charge in [-0.25, -0.2) is 0 Å². The van der Waals surface area contributed by atoms with Gasteiger partial charge < -0.3 is 24.0 Å². The fourth-order valence-electron chi connectivity index (χ4n) is 3.46. The molecule has 0 spiro atoms. The van der Waals surface area contributed by atoms with Crippen LogP contribution in [0.15, 0.2) is 48.5 Å². The zero-order valence-corrected chi connectivity index (χ0v) is 16.2. The minimum absolute atomic E-state index is 0.0494. The zero-order valence-electron chi connectivity index (χ0n) is 16.2. The molecular weight excluding hydrogens is 372 g/mol. The second kappa shape index (κ2) is 8.86. The lowest BCUT2D eigenvalue weighted by molar-refractivity contribution is -0.132. The Morgan fingerprint density at radius 2 is 1.62 bits per heavy atom. The molecule has 2 aromatic rings. The first kappa shape index (κ1) is 19.1. The fraction of sp³-hybridized carbons (Fsp3) is 0.364. The Bertz CT molecular complexity index is 863. The summed E-state index contributed by atoms with van der Waals surface area (Å²) in [7, 11) is 0. The molecule has 2 aliphatic heterocycles. The summed E-state index contributed by atoms with van der Waals surface area (Å²) in [6, 6.07) is 14.8. The van der Waals surface area contributed by atoms with E-state index in [2.05, 4.69) is 0 Å². The van der Waals surface area contributed by atoms with Crippen LogP contribution in [0, 0.1) is 0 Å². The number of rotatable bonds is 6. The molecule has 2 aliphatic rings. The van der Waals surface area contributed by atoms with Gasteiger partial charge in [0.05, 0.1) is 6.61 Å². The predicted octanol–water partition coefficient (Wildman–Crippen LogP) is 2.56. The van der Waals surface area contributed by atoms with Crippen LogP contribution in [0.4, 0.5) is 0 Å². The van der Waals surface area contributed by atoms with E-state index < -0.39 is 0 Å². The highest BCUT2D eigenvalue weighted by Gasteiger charge is 2.26. The Balaban J connectivity index is 1.20. The van der Waals surface area contributed by atoms with E-state index in [1.807, 2.05) is 35.2 Å². The van der Waals surface area contributed by atoms with Crippen molar-refractivity contribution >= 4 is 11.8 Å². The first-order valence-corrected chi connectivity index (χ1v) is 9.85. The molecule has 0 aromatic heterocycles. The van der Waals surface area contributed by atoms with Gasteiger partial charge in [0, 0.05) is 38.2 Å². The first-order chi connectivity index (χ1) is 14.2. The van der Waals surface area contributed by atoms with Crippen molar-refractivity contribution in [1.29, 1.82) is 0 Å². The highest BCUT2D eigenvalue weighted by Crippen LogP contribution is 2.32. The van der Waals surface area contributed by atoms with Crippen molar-refractivity contribution in [2.75, 3.05) is 39.6 Å². The Hall–Kier alpha value is -3.22. The van der Waals surface area contributed by atoms with E-state index in [-0.39, 0.29) is 18.6 Å². The summed E-state index contributed by atoms with van der Waals surface area (Å²) in [6.07, 6.45) is 1.12. The normalized spacial score (nSPS) is 15.3. The Morgan fingerprint density at radius 1 is 0.897 bits per heavy atom. The van der Waals surface area contributed by atoms with E-state index in [0.717, 1.165) is 5.75 Å². The third-order valence-electron chi connectivity index (χ3n) is 5.09. The number of nitrogens with zero attached hydrogens (tertiary/aromatic N) is 2. The number of carbonyl (C=O) groups excluding carboxylic acids is 2. The summed E-state index contributed by atoms with van der Waals surface area (Å²) in [4.78, 5) is 28.8. The minimum Gasteiger partial charge on any atom is -0.494 e. The summed E-state index contributed by atoms with van der Waals surface area (Å²) >= 11 is 0. The second-order valence-electron chi connectivity index (χ2n) is 7.01. The highest BCUT2D eigenvalue weighted by atomic mass is 16.7. The summed E-state index contributed by atoms with van der Waals surface area (Å²) in [5.74, 6) is 2.13. The van der Waals surface area contributed by atoms with E-state index in [1.165, 1.54) is 0 Å². The van der Waals surface area contributed by atoms with Gasteiger partial charge in [-0.3, -0.25) is 9.59 Å². The van der Waals surface area contributed by atoms with Crippen molar-refractivity contribution < 1.29 is 23.8 Å². The molecule has 1 fully saturated rings. The number of carbonyl (C=O) groups is 2. The van der Waals surface area contributed by atoms with Crippen LogP contribution in [0.5, 0.6) is 17.2 Å². The van der Waals surface area contributed by atoms with Crippen molar-refractivity contribution in [2.45, 2.75) is 12.8 Å². The Morgan fingerprint density at radius 3 is 2.41 bits per heavy atom. The van der Waals surface area contributed by atoms with Crippen LogP contribution >= 0.6 is 0 Å². The van der Waals surface area contributed by atoms with E-state index in [1.54, 1.807) is 23.1 Å². The Kier molecular flexibility index (Phi) is 5.84. The number of hydrogen-bond donors (Lipinski definition) is 0. The van der Waals surface area contributed by atoms with Gasteiger partial charge in [0.25, 0.3) is 5.91 Å². The lowest BCUT2D eigenvalue weighted by atomic mass is 10.1. The third-order valence-corrected chi connectivity index (χ3v) is 5.09. The summed E-state index contributed by atoms with van der Waals surface area (Å²) in [5, 5.41) is 0. The van der Waals surface area contributed by atoms with E-state index in [0.29, 0.717) is 62.7 Å². The molecule has 7 nitrogen and oxygen atoms in total. The van der Waals surface area contributed by atoms with Crippen molar-refractivity contribution in [2.24, 2.45) is 0 Å². The number of fused-ring (bicyclic) bond motifs is 1. The summed E-state index contributed by atoms with van der Waals surface area (Å²) in [6.45, 7) is 2.85. The number of hydrogen-bond acceptors (Lipinski definition) is 5. The van der Waals surface area contributed by atoms with Crippen molar-refractivity contribution in [3.8, 4) is 17.2 Å². The number of para-hydroxylation sites is 1. The topological polar surface area (TPSA) is 68.3 Å². The highest BCUT2D eigenvalue weighted by molar-refractivity contribution is 5.95. The summed E-state index contributed by atoms with van der Waals surface area (Å²) in [5.41, 5.74) is 0.576. The van der Waals surface area contributed by atoms with Gasteiger partial charge in [0.15, 0.2) is 11.5 Å². The SMILES string of the molecule is O=C(CCCOc1ccccc1)N1CCN(C(=O)c2ccc3c(c2)OCO3)CC1. The van der Waals surface area contributed by atoms with Gasteiger partial charge in [-0.1, -0.05) is 18.2 Å². The molecule has 0 aliphatic carbocycles. The maximum Gasteiger partial charge on any atom is 0.254 e. The van der Waals surface area contributed by atoms with Crippen LogP contribution < -0.4 is 14.2 Å². The van der Waals surface area contributed by atoms with Gasteiger partial charge in [-0.2, -0.15) is 0 Å². The average Bonchev–Trinajstić information content (AvgIpc) is 3.25. The number of benzene rings is 2. The largest absolute Gasteiger partial charge is 0.494 e. The molecule has 0 radical (unpaired) electrons. The molecule has 1 saturated heterocycles. The van der Waals surface area contributed by atoms with Crippen LogP contribution in [-0.4, -0.2) is 61.2 Å². The van der Waals surface area contributed by atoms with E-state index in [9.17, 15) is 9.59 Å². The third kappa shape index (κ3) is 4.62. The second-order valence-corrected chi connectivity index (χ2v) is 7.01. The smallest absolute Gasteiger partial charge is 0.254 e. The van der Waals surface area contributed by atoms with Crippen LogP contribution in [-0.2, 0) is 4.79 Å². The van der Waals surface area contributed by atoms with Gasteiger partial charge in [-0.05, 0) is 36.8 Å². The fourth-order valence-corrected chi connectivity index (χ4v) is 3.46. The van der Waals surface area contributed by atoms with Crippen LogP contribution in [0.2, 0.25) is 0 Å². The van der Waals surface area contributed by atoms with Gasteiger partial charge >= 0.3 is 0 Å². The Labute approximate surface area is 169 Å². The van der Waals surface area contributed by atoms with Gasteiger partial charge in [0.2, 0.25) is 12.7 Å². The monoisotopic (exact) mass is 396 g/mol. The molecule has 7 heteroatoms. The average molecular weight is 396 g/mol. The van der Waals surface area contributed by atoms with E-state index >= 15 is 0 Å². The predicted molar refractivity (Wildman–Crippen MR) is 106 cm³/mol. The number of piperazine rings is 1. The maximum atomic E-state index is 12.7. The molecule has 2 heterocycles. The molecule has 2 amide bonds. The van der Waals surface area contributed by atoms with Crippen LogP contribution in [0.1, 0.15) is 23.2 Å². The molecular formula is C22H24N2O5. The standard InChI is InChI=1S/C22H24N2O5/c25-21(7-4-14-27-18-5-2-1-3-6-18)23-10-12-24(13-11-23)22(26)17-8-9-19-20(15-17)29-16-28-19/h1-3,5-6,8-9,15H,4,7,10-14,16H2. The molecule has 0 N–H and O–H groups in total. The molecule has 0 bridgehead atoms. The zero-order chi connectivity index (χ0) is 20.1. The van der Waals surface area contributed by atoms with Gasteiger partial charge in [0.1, 0.15) is 5.75 Å². The molecule has 29 heavy (non-hydrogen) atoms. The molecule has 0 unspecified atom stereocenters. The molecule has 0 saturated carbocycles. The molecule has 4 rings (SSSR count).